The normalized spacial score (nSPS) is 30.0. The van der Waals surface area contributed by atoms with Crippen molar-refractivity contribution in [1.82, 2.24) is 14.6 Å². The Balaban J connectivity index is 0.995. The molecule has 14 heteroatoms. The number of benzene rings is 1. The van der Waals surface area contributed by atoms with Gasteiger partial charge in [0.1, 0.15) is 5.82 Å². The summed E-state index contributed by atoms with van der Waals surface area (Å²) in [6.45, 7) is 1.96. The molecule has 1 aromatic carbocycles. The third kappa shape index (κ3) is 6.08. The number of hydrogen-bond acceptors (Lipinski definition) is 7. The highest BCUT2D eigenvalue weighted by Gasteiger charge is 2.55. The number of piperazine rings is 1. The molecule has 4 bridgehead atoms. The van der Waals surface area contributed by atoms with Gasteiger partial charge in [0, 0.05) is 45.3 Å². The van der Waals surface area contributed by atoms with Gasteiger partial charge in [-0.15, -0.1) is 0 Å². The first-order valence-electron chi connectivity index (χ1n) is 15.8. The minimum absolute atomic E-state index is 0.0931. The predicted molar refractivity (Wildman–Crippen MR) is 164 cm³/mol. The highest BCUT2D eigenvalue weighted by atomic mass is 32.2. The lowest BCUT2D eigenvalue weighted by Gasteiger charge is -2.58. The molecule has 5 fully saturated rings. The van der Waals surface area contributed by atoms with E-state index >= 15 is 0 Å². The van der Waals surface area contributed by atoms with Crippen molar-refractivity contribution in [3.8, 4) is 0 Å². The second kappa shape index (κ2) is 11.3. The lowest BCUT2D eigenvalue weighted by atomic mass is 9.52. The average molecular weight is 649 g/mol. The topological polar surface area (TPSA) is 109 Å². The number of amides is 2. The fraction of sp³-hybridized carbons (Fsp3) is 0.613. The summed E-state index contributed by atoms with van der Waals surface area (Å²) in [5, 5.41) is 14.3. The van der Waals surface area contributed by atoms with Gasteiger partial charge >= 0.3 is 12.2 Å². The number of carbonyl (C=O) groups is 1. The van der Waals surface area contributed by atoms with Crippen molar-refractivity contribution in [2.45, 2.75) is 56.3 Å². The molecule has 2 aromatic rings. The molecule has 244 valence electrons. The lowest BCUT2D eigenvalue weighted by Crippen LogP contribution is -2.63. The van der Waals surface area contributed by atoms with Gasteiger partial charge in [-0.2, -0.15) is 17.5 Å². The van der Waals surface area contributed by atoms with E-state index in [-0.39, 0.29) is 25.2 Å². The monoisotopic (exact) mass is 648 g/mol. The first kappa shape index (κ1) is 30.5. The zero-order valence-electron chi connectivity index (χ0n) is 25.0. The van der Waals surface area contributed by atoms with Crippen LogP contribution in [0.1, 0.15) is 38.5 Å². The lowest BCUT2D eigenvalue weighted by molar-refractivity contribution is -0.136. The summed E-state index contributed by atoms with van der Waals surface area (Å²) in [6.07, 6.45) is 0.462. The molecule has 2 aliphatic heterocycles. The molecule has 1 saturated heterocycles. The third-order valence-electron chi connectivity index (χ3n) is 10.4. The van der Waals surface area contributed by atoms with Crippen molar-refractivity contribution < 1.29 is 31.5 Å². The van der Waals surface area contributed by atoms with Gasteiger partial charge in [0.25, 0.3) is 0 Å². The van der Waals surface area contributed by atoms with Gasteiger partial charge in [-0.1, -0.05) is 12.1 Å². The van der Waals surface area contributed by atoms with Gasteiger partial charge in [0.05, 0.1) is 41.0 Å². The number of halogens is 3. The van der Waals surface area contributed by atoms with Gasteiger partial charge in [-0.3, -0.25) is 4.90 Å². The van der Waals surface area contributed by atoms with Crippen LogP contribution >= 0.6 is 0 Å². The summed E-state index contributed by atoms with van der Waals surface area (Å²) in [4.78, 5) is 24.2. The number of alkyl halides is 3. The summed E-state index contributed by atoms with van der Waals surface area (Å²) in [6, 6.07) is 11.6. The van der Waals surface area contributed by atoms with Crippen molar-refractivity contribution >= 4 is 38.9 Å². The molecule has 45 heavy (non-hydrogen) atoms. The summed E-state index contributed by atoms with van der Waals surface area (Å²) in [7, 11) is -3.98. The van der Waals surface area contributed by atoms with Crippen LogP contribution in [0.25, 0.3) is 0 Å². The number of para-hydroxylation sites is 2. The van der Waals surface area contributed by atoms with E-state index in [0.717, 1.165) is 53.5 Å². The van der Waals surface area contributed by atoms with E-state index in [1.165, 1.54) is 0 Å². The summed E-state index contributed by atoms with van der Waals surface area (Å²) in [5.74, 6) is 1.00. The number of aromatic nitrogens is 1. The van der Waals surface area contributed by atoms with Gasteiger partial charge < -0.3 is 20.2 Å². The van der Waals surface area contributed by atoms with E-state index in [4.69, 9.17) is 4.98 Å². The van der Waals surface area contributed by atoms with Gasteiger partial charge in [-0.25, -0.2) is 18.2 Å². The Morgan fingerprint density at radius 3 is 2.27 bits per heavy atom. The fourth-order valence-corrected chi connectivity index (χ4v) is 10.0. The van der Waals surface area contributed by atoms with E-state index in [1.54, 1.807) is 6.20 Å². The Kier molecular flexibility index (Phi) is 7.67. The number of urea groups is 1. The van der Waals surface area contributed by atoms with Crippen LogP contribution in [0.3, 0.4) is 0 Å². The molecule has 8 rings (SSSR count). The molecule has 1 aromatic heterocycles. The van der Waals surface area contributed by atoms with E-state index in [9.17, 15) is 31.5 Å². The van der Waals surface area contributed by atoms with Crippen LogP contribution in [-0.4, -0.2) is 91.7 Å². The first-order chi connectivity index (χ1) is 21.4. The first-order valence-corrected chi connectivity index (χ1v) is 17.4. The van der Waals surface area contributed by atoms with Crippen LogP contribution in [0.4, 0.5) is 40.8 Å². The van der Waals surface area contributed by atoms with Crippen molar-refractivity contribution in [2.75, 3.05) is 59.7 Å². The molecule has 5 atom stereocenters. The van der Waals surface area contributed by atoms with Crippen LogP contribution in [-0.2, 0) is 10.0 Å². The highest BCUT2D eigenvalue weighted by Crippen LogP contribution is 2.55. The molecule has 4 aliphatic carbocycles. The molecule has 2 amide bonds. The summed E-state index contributed by atoms with van der Waals surface area (Å²) in [5.41, 5.74) is 1.93. The number of anilines is 4. The zero-order valence-corrected chi connectivity index (χ0v) is 25.8. The van der Waals surface area contributed by atoms with E-state index in [2.05, 4.69) is 10.2 Å². The van der Waals surface area contributed by atoms with Crippen molar-refractivity contribution in [2.24, 2.45) is 17.8 Å². The largest absolute Gasteiger partial charge is 0.390 e. The van der Waals surface area contributed by atoms with Crippen molar-refractivity contribution in [3.05, 3.63) is 42.6 Å². The Hall–Kier alpha value is -3.10. The molecule has 4 saturated carbocycles. The van der Waals surface area contributed by atoms with E-state index in [0.29, 0.717) is 49.8 Å². The van der Waals surface area contributed by atoms with Crippen LogP contribution in [0, 0.1) is 17.8 Å². The Morgan fingerprint density at radius 2 is 1.64 bits per heavy atom. The van der Waals surface area contributed by atoms with Crippen molar-refractivity contribution in [3.63, 3.8) is 0 Å². The van der Waals surface area contributed by atoms with Crippen LogP contribution < -0.4 is 20.0 Å². The molecular weight excluding hydrogens is 609 g/mol. The maximum absolute atomic E-state index is 13.7. The summed E-state index contributed by atoms with van der Waals surface area (Å²) >= 11 is 0. The molecular formula is C31H39F3N6O4S. The molecule has 0 radical (unpaired) electrons. The SMILES string of the molecule is O=C(NC1[C@@H]2CC3C[C@H]1CC(O)(C3)C2)N1CCN(c2ccc(N3CCN(S(=O)(=O)CCC(F)(F)F)CC3)cn2)c2ccccc21. The summed E-state index contributed by atoms with van der Waals surface area (Å²) < 4.78 is 63.6. The number of aliphatic hydroxyl groups is 1. The molecule has 10 nitrogen and oxygen atoms in total. The van der Waals surface area contributed by atoms with Gasteiger partial charge in [-0.05, 0) is 74.1 Å². The number of pyridine rings is 1. The maximum Gasteiger partial charge on any atom is 0.390 e. The molecule has 3 heterocycles. The Bertz CT molecular complexity index is 1520. The number of fused-ring (bicyclic) bond motifs is 1. The average Bonchev–Trinajstić information content (AvgIpc) is 3.00. The van der Waals surface area contributed by atoms with E-state index < -0.39 is 34.0 Å². The second-order valence-electron chi connectivity index (χ2n) is 13.4. The van der Waals surface area contributed by atoms with Gasteiger partial charge in [0.15, 0.2) is 0 Å². The van der Waals surface area contributed by atoms with E-state index in [1.807, 2.05) is 46.2 Å². The smallest absolute Gasteiger partial charge is 0.390 e. The standard InChI is InChI=1S/C31H39F3N6O4S/c32-31(33,34)7-14-45(43,44)38-10-8-37(9-11-38)24-5-6-27(35-20-24)39-12-13-40(26-4-2-1-3-25(26)39)29(41)36-28-22-15-21-16-23(28)19-30(42,17-21)18-22/h1-6,20-23,28,42H,7-19H2,(H,36,41)/t21?,22-,23+,28?,30?. The number of nitrogens with one attached hydrogen (secondary N) is 1. The number of rotatable bonds is 6. The predicted octanol–water partition coefficient (Wildman–Crippen LogP) is 4.09. The maximum atomic E-state index is 13.7. The third-order valence-corrected chi connectivity index (χ3v) is 12.3. The fourth-order valence-electron chi connectivity index (χ4n) is 8.57. The van der Waals surface area contributed by atoms with Crippen LogP contribution in [0.5, 0.6) is 0 Å². The quantitative estimate of drug-likeness (QED) is 0.486. The zero-order chi connectivity index (χ0) is 31.6. The van der Waals surface area contributed by atoms with Crippen LogP contribution in [0.2, 0.25) is 0 Å². The molecule has 0 spiro atoms. The minimum atomic E-state index is -4.51. The Labute approximate surface area is 261 Å². The molecule has 2 N–H and O–H groups in total. The Morgan fingerprint density at radius 1 is 0.956 bits per heavy atom. The van der Waals surface area contributed by atoms with Gasteiger partial charge in [0.2, 0.25) is 10.0 Å². The minimum Gasteiger partial charge on any atom is -0.390 e. The number of nitrogens with zero attached hydrogens (tertiary/aromatic N) is 5. The highest BCUT2D eigenvalue weighted by molar-refractivity contribution is 7.89. The second-order valence-corrected chi connectivity index (χ2v) is 15.5. The molecule has 3 unspecified atom stereocenters. The number of hydrogen-bond donors (Lipinski definition) is 2. The van der Waals surface area contributed by atoms with Crippen LogP contribution in [0.15, 0.2) is 42.6 Å². The number of carbonyl (C=O) groups excluding carboxylic acids is 1. The van der Waals surface area contributed by atoms with Crippen molar-refractivity contribution in [1.29, 1.82) is 0 Å². The number of sulfonamides is 1. The molecule has 6 aliphatic rings.